The number of hydrogen-bond acceptors (Lipinski definition) is 7. The van der Waals surface area contributed by atoms with Gasteiger partial charge in [-0.3, -0.25) is 9.10 Å². The number of carbonyl (C=O) groups is 1. The van der Waals surface area contributed by atoms with Gasteiger partial charge >= 0.3 is 5.97 Å². The number of rotatable bonds is 6. The van der Waals surface area contributed by atoms with Gasteiger partial charge in [0.15, 0.2) is 0 Å². The third kappa shape index (κ3) is 3.90. The summed E-state index contributed by atoms with van der Waals surface area (Å²) in [6.07, 6.45) is 0.213. The molecule has 1 aromatic heterocycles. The van der Waals surface area contributed by atoms with Crippen LogP contribution in [0.25, 0.3) is 20.2 Å². The van der Waals surface area contributed by atoms with Crippen LogP contribution in [0.15, 0.2) is 41.3 Å². The molecule has 0 saturated carbocycles. The molecule has 0 amide bonds. The van der Waals surface area contributed by atoms with E-state index >= 15 is 0 Å². The zero-order valence-electron chi connectivity index (χ0n) is 16.4. The molecule has 2 atom stereocenters. The fourth-order valence-corrected chi connectivity index (χ4v) is 7.13. The lowest BCUT2D eigenvalue weighted by molar-refractivity contribution is -0.140. The molecule has 2 heterocycles. The molecule has 0 aliphatic carbocycles. The van der Waals surface area contributed by atoms with E-state index in [-0.39, 0.29) is 10.8 Å². The van der Waals surface area contributed by atoms with E-state index in [2.05, 4.69) is 4.72 Å². The van der Waals surface area contributed by atoms with Gasteiger partial charge in [-0.2, -0.15) is 4.72 Å². The number of fused-ring (bicyclic) bond motifs is 3. The van der Waals surface area contributed by atoms with Crippen LogP contribution >= 0.6 is 23.3 Å². The molecule has 0 spiro atoms. The maximum atomic E-state index is 12.8. The van der Waals surface area contributed by atoms with E-state index in [1.54, 1.807) is 37.9 Å². The Kier molecular flexibility index (Phi) is 5.71. The number of thiophene rings is 1. The maximum absolute atomic E-state index is 12.8. The minimum absolute atomic E-state index is 0.0409. The third-order valence-corrected chi connectivity index (χ3v) is 8.79. The Bertz CT molecular complexity index is 1220. The van der Waals surface area contributed by atoms with Crippen molar-refractivity contribution in [3.63, 3.8) is 0 Å². The minimum Gasteiger partial charge on any atom is -0.480 e. The summed E-state index contributed by atoms with van der Waals surface area (Å²) in [7, 11) is -3.98. The molecule has 1 saturated heterocycles. The van der Waals surface area contributed by atoms with Gasteiger partial charge in [-0.1, -0.05) is 26.0 Å². The van der Waals surface area contributed by atoms with Crippen LogP contribution in [0.3, 0.4) is 0 Å². The topological polar surface area (TPSA) is 107 Å². The number of sulfonamides is 1. The highest BCUT2D eigenvalue weighted by molar-refractivity contribution is 8.00. The fraction of sp³-hybridized carbons (Fsp3) is 0.350. The molecule has 7 nitrogen and oxygen atoms in total. The Hall–Kier alpha value is -1.85. The Labute approximate surface area is 182 Å². The number of carboxylic acid groups (broad SMARTS) is 1. The molecule has 2 aromatic carbocycles. The Morgan fingerprint density at radius 3 is 2.43 bits per heavy atom. The highest BCUT2D eigenvalue weighted by Crippen LogP contribution is 2.40. The number of nitrogens with zero attached hydrogens (tertiary/aromatic N) is 1. The van der Waals surface area contributed by atoms with Crippen molar-refractivity contribution < 1.29 is 23.4 Å². The third-order valence-electron chi connectivity index (χ3n) is 5.09. The number of nitrogens with one attached hydrogen (secondary N) is 1. The number of benzene rings is 2. The number of carboxylic acids is 1. The van der Waals surface area contributed by atoms with Crippen LogP contribution in [0.4, 0.5) is 5.69 Å². The quantitative estimate of drug-likeness (QED) is 0.476. The van der Waals surface area contributed by atoms with Crippen molar-refractivity contribution in [1.29, 1.82) is 0 Å². The lowest BCUT2D eigenvalue weighted by Crippen LogP contribution is -2.44. The van der Waals surface area contributed by atoms with Crippen LogP contribution < -0.4 is 9.03 Å². The van der Waals surface area contributed by atoms with Crippen molar-refractivity contribution in [2.45, 2.75) is 37.4 Å². The molecule has 1 aliphatic heterocycles. The molecule has 30 heavy (non-hydrogen) atoms. The molecule has 160 valence electrons. The molecular weight excluding hydrogens is 444 g/mol. The van der Waals surface area contributed by atoms with Crippen molar-refractivity contribution in [2.24, 2.45) is 5.92 Å². The molecule has 3 N–H and O–H groups in total. The molecule has 3 aromatic rings. The van der Waals surface area contributed by atoms with Crippen LogP contribution in [-0.2, 0) is 14.8 Å². The second-order valence-corrected chi connectivity index (χ2v) is 11.4. The highest BCUT2D eigenvalue weighted by Gasteiger charge is 2.28. The molecule has 0 bridgehead atoms. The molecule has 10 heteroatoms. The lowest BCUT2D eigenvalue weighted by atomic mass is 10.1. The summed E-state index contributed by atoms with van der Waals surface area (Å²) in [5, 5.41) is 21.4. The van der Waals surface area contributed by atoms with Gasteiger partial charge in [0, 0.05) is 32.3 Å². The van der Waals surface area contributed by atoms with Gasteiger partial charge in [-0.15, -0.1) is 11.3 Å². The van der Waals surface area contributed by atoms with E-state index in [1.807, 2.05) is 22.5 Å². The first kappa shape index (κ1) is 21.4. The van der Waals surface area contributed by atoms with Gasteiger partial charge in [0.25, 0.3) is 0 Å². The van der Waals surface area contributed by atoms with Crippen molar-refractivity contribution in [2.75, 3.05) is 10.1 Å². The van der Waals surface area contributed by atoms with Crippen molar-refractivity contribution in [3.05, 3.63) is 36.4 Å². The van der Waals surface area contributed by atoms with Gasteiger partial charge in [-0.05, 0) is 42.1 Å². The monoisotopic (exact) mass is 466 g/mol. The number of aliphatic carboxylic acids is 1. The van der Waals surface area contributed by atoms with E-state index in [1.165, 1.54) is 17.4 Å². The van der Waals surface area contributed by atoms with Gasteiger partial charge in [0.05, 0.1) is 10.6 Å². The largest absolute Gasteiger partial charge is 0.480 e. The van der Waals surface area contributed by atoms with Crippen LogP contribution in [0, 0.1) is 5.92 Å². The first-order valence-electron chi connectivity index (χ1n) is 9.49. The minimum atomic E-state index is -3.98. The predicted octanol–water partition coefficient (Wildman–Crippen LogP) is 3.62. The van der Waals surface area contributed by atoms with Crippen LogP contribution in [-0.4, -0.2) is 42.6 Å². The number of hydrogen-bond donors (Lipinski definition) is 3. The summed E-state index contributed by atoms with van der Waals surface area (Å²) in [4.78, 5) is 11.4. The van der Waals surface area contributed by atoms with Gasteiger partial charge in [-0.25, -0.2) is 8.42 Å². The molecule has 0 radical (unpaired) electrons. The lowest BCUT2D eigenvalue weighted by Gasteiger charge is -2.20. The zero-order chi connectivity index (χ0) is 21.6. The Morgan fingerprint density at radius 2 is 1.83 bits per heavy atom. The summed E-state index contributed by atoms with van der Waals surface area (Å²) in [5.41, 5.74) is 0.916. The van der Waals surface area contributed by atoms with E-state index < -0.39 is 28.3 Å². The number of aliphatic hydroxyl groups excluding tert-OH is 1. The van der Waals surface area contributed by atoms with Gasteiger partial charge < -0.3 is 10.2 Å². The standard InChI is InChI=1S/C20H22N2O5S3/c1-11(2)19(20(24)25)21-30(26,27)13-4-6-15-14-5-3-12(22-18(23)7-8-28-22)9-16(14)29-17(15)10-13/h3-6,9-11,18-19,21,23H,7-8H2,1-2H3,(H,24,25)/t18?,19-/m0/s1. The number of anilines is 1. The first-order valence-corrected chi connectivity index (χ1v) is 12.7. The summed E-state index contributed by atoms with van der Waals surface area (Å²) < 4.78 is 31.5. The zero-order valence-corrected chi connectivity index (χ0v) is 18.9. The van der Waals surface area contributed by atoms with Crippen LogP contribution in [0.2, 0.25) is 0 Å². The summed E-state index contributed by atoms with van der Waals surface area (Å²) in [6, 6.07) is 9.61. The second-order valence-electron chi connectivity index (χ2n) is 7.55. The van der Waals surface area contributed by atoms with E-state index in [9.17, 15) is 23.4 Å². The Morgan fingerprint density at radius 1 is 1.17 bits per heavy atom. The highest BCUT2D eigenvalue weighted by atomic mass is 32.2. The normalized spacial score (nSPS) is 18.5. The van der Waals surface area contributed by atoms with Crippen molar-refractivity contribution in [1.82, 2.24) is 4.72 Å². The first-order chi connectivity index (χ1) is 14.2. The molecule has 1 fully saturated rings. The number of aliphatic hydroxyl groups is 1. The summed E-state index contributed by atoms with van der Waals surface area (Å²) in [6.45, 7) is 3.31. The van der Waals surface area contributed by atoms with Gasteiger partial charge in [0.2, 0.25) is 10.0 Å². The maximum Gasteiger partial charge on any atom is 0.322 e. The SMILES string of the molecule is CC(C)[C@H](NS(=O)(=O)c1ccc2c(c1)sc1cc(N3SCCC3O)ccc12)C(=O)O. The average molecular weight is 467 g/mol. The van der Waals surface area contributed by atoms with Gasteiger partial charge in [0.1, 0.15) is 12.3 Å². The smallest absolute Gasteiger partial charge is 0.322 e. The van der Waals surface area contributed by atoms with Crippen molar-refractivity contribution >= 4 is 65.1 Å². The molecule has 4 rings (SSSR count). The molecular formula is C20H22N2O5S3. The Balaban J connectivity index is 1.71. The summed E-state index contributed by atoms with van der Waals surface area (Å²) in [5.74, 6) is -0.721. The predicted molar refractivity (Wildman–Crippen MR) is 121 cm³/mol. The molecule has 1 unspecified atom stereocenters. The molecule has 1 aliphatic rings. The van der Waals surface area contributed by atoms with Crippen LogP contribution in [0.5, 0.6) is 0 Å². The van der Waals surface area contributed by atoms with Crippen LogP contribution in [0.1, 0.15) is 20.3 Å². The van der Waals surface area contributed by atoms with Crippen molar-refractivity contribution in [3.8, 4) is 0 Å². The second kappa shape index (κ2) is 8.01. The fourth-order valence-electron chi connectivity index (χ4n) is 3.46. The van der Waals surface area contributed by atoms with E-state index in [0.29, 0.717) is 0 Å². The summed E-state index contributed by atoms with van der Waals surface area (Å²) >= 11 is 3.06. The van der Waals surface area contributed by atoms with E-state index in [0.717, 1.165) is 38.0 Å². The van der Waals surface area contributed by atoms with E-state index in [4.69, 9.17) is 0 Å². The average Bonchev–Trinajstić information content (AvgIpc) is 3.27.